The van der Waals surface area contributed by atoms with Gasteiger partial charge >= 0.3 is 0 Å². The first kappa shape index (κ1) is 34.7. The molecule has 0 aliphatic carbocycles. The number of hydrogen-bond acceptors (Lipinski definition) is 5. The third kappa shape index (κ3) is 6.15. The smallest absolute Gasteiger partial charge is 0.160 e. The van der Waals surface area contributed by atoms with Crippen molar-refractivity contribution in [1.29, 1.82) is 0 Å². The van der Waals surface area contributed by atoms with Crippen molar-refractivity contribution in [2.75, 3.05) is 0 Å². The van der Waals surface area contributed by atoms with Gasteiger partial charge in [0.1, 0.15) is 0 Å². The third-order valence-electron chi connectivity index (χ3n) is 11.5. The molecule has 0 bridgehead atoms. The second kappa shape index (κ2) is 14.2. The van der Waals surface area contributed by atoms with Gasteiger partial charge in [0.25, 0.3) is 0 Å². The SMILES string of the molecule is c1cncc(-c2cccc(-c3cc(-c4cc(-c5ccc6sc7ccccc7c6c5)cc(-c5ccc6sc7ccccc7c6c5)c4)nc(-c4ccc5ccccc5c4)n3)c2)c1. The van der Waals surface area contributed by atoms with Gasteiger partial charge in [-0.05, 0) is 117 Å². The number of rotatable bonds is 6. The molecule has 0 fully saturated rings. The van der Waals surface area contributed by atoms with Crippen molar-refractivity contribution in [3.63, 3.8) is 0 Å². The van der Waals surface area contributed by atoms with E-state index in [9.17, 15) is 0 Å². The van der Waals surface area contributed by atoms with E-state index in [0.29, 0.717) is 5.82 Å². The Kier molecular flexibility index (Phi) is 8.22. The molecule has 4 heterocycles. The summed E-state index contributed by atoms with van der Waals surface area (Å²) >= 11 is 3.70. The normalized spacial score (nSPS) is 11.7. The van der Waals surface area contributed by atoms with Crippen molar-refractivity contribution in [2.24, 2.45) is 0 Å². The molecule has 8 aromatic carbocycles. The van der Waals surface area contributed by atoms with Gasteiger partial charge < -0.3 is 0 Å². The molecule has 0 saturated heterocycles. The third-order valence-corrected chi connectivity index (χ3v) is 13.8. The van der Waals surface area contributed by atoms with E-state index in [1.165, 1.54) is 56.9 Å². The van der Waals surface area contributed by atoms with Crippen LogP contribution in [0.15, 0.2) is 200 Å². The quantitative estimate of drug-likeness (QED) is 0.168. The molecular weight excluding hydrogens is 767 g/mol. The van der Waals surface area contributed by atoms with Crippen LogP contribution in [0.3, 0.4) is 0 Å². The van der Waals surface area contributed by atoms with Crippen molar-refractivity contribution < 1.29 is 0 Å². The molecule has 60 heavy (non-hydrogen) atoms. The summed E-state index contributed by atoms with van der Waals surface area (Å²) in [6.07, 6.45) is 3.72. The molecule has 0 atom stereocenters. The predicted octanol–water partition coefficient (Wildman–Crippen LogP) is 15.8. The monoisotopic (exact) mass is 799 g/mol. The second-order valence-corrected chi connectivity index (χ2v) is 17.4. The van der Waals surface area contributed by atoms with Gasteiger partial charge in [0.15, 0.2) is 5.82 Å². The highest BCUT2D eigenvalue weighted by molar-refractivity contribution is 7.26. The van der Waals surface area contributed by atoms with E-state index in [1.807, 2.05) is 41.1 Å². The lowest BCUT2D eigenvalue weighted by Gasteiger charge is -2.14. The fourth-order valence-electron chi connectivity index (χ4n) is 8.51. The molecule has 0 spiro atoms. The molecule has 0 radical (unpaired) electrons. The molecular formula is C55H33N3S2. The molecule has 0 amide bonds. The van der Waals surface area contributed by atoms with Crippen molar-refractivity contribution >= 4 is 73.8 Å². The standard InChI is InChI=1S/C55H33N3S2/c1-2-10-35-26-40(19-18-34(35)9-1)55-57-49(39-12-7-11-36(25-39)41-13-8-24-56-33-41)32-50(58-55)44-28-42(37-20-22-53-47(30-37)45-14-3-5-16-51(45)59-53)27-43(29-44)38-21-23-54-48(31-38)46-15-4-6-17-52(46)60-54/h1-33H. The summed E-state index contributed by atoms with van der Waals surface area (Å²) in [6, 6.07) is 68.0. The summed E-state index contributed by atoms with van der Waals surface area (Å²) in [5, 5.41) is 7.48. The van der Waals surface area contributed by atoms with Gasteiger partial charge in [-0.1, -0.05) is 109 Å². The largest absolute Gasteiger partial charge is 0.264 e. The summed E-state index contributed by atoms with van der Waals surface area (Å²) in [7, 11) is 0. The van der Waals surface area contributed by atoms with Crippen LogP contribution in [0, 0.1) is 0 Å². The predicted molar refractivity (Wildman–Crippen MR) is 256 cm³/mol. The molecule has 0 unspecified atom stereocenters. The number of pyridine rings is 1. The zero-order chi connectivity index (χ0) is 39.6. The number of nitrogens with zero attached hydrogens (tertiary/aromatic N) is 3. The Morgan fingerprint density at radius 2 is 0.833 bits per heavy atom. The highest BCUT2D eigenvalue weighted by atomic mass is 32.1. The van der Waals surface area contributed by atoms with Gasteiger partial charge in [0.05, 0.1) is 11.4 Å². The lowest BCUT2D eigenvalue weighted by Crippen LogP contribution is -1.97. The highest BCUT2D eigenvalue weighted by Gasteiger charge is 2.16. The first-order valence-corrected chi connectivity index (χ1v) is 21.7. The van der Waals surface area contributed by atoms with Crippen LogP contribution in [0.25, 0.3) is 118 Å². The van der Waals surface area contributed by atoms with Crippen LogP contribution in [0.2, 0.25) is 0 Å². The molecule has 12 aromatic rings. The Morgan fingerprint density at radius 3 is 1.52 bits per heavy atom. The van der Waals surface area contributed by atoms with Gasteiger partial charge in [-0.3, -0.25) is 4.98 Å². The van der Waals surface area contributed by atoms with Crippen molar-refractivity contribution in [3.05, 3.63) is 200 Å². The minimum Gasteiger partial charge on any atom is -0.264 e. The topological polar surface area (TPSA) is 38.7 Å². The Labute approximate surface area is 354 Å². The molecule has 0 aliphatic heterocycles. The minimum absolute atomic E-state index is 0.685. The van der Waals surface area contributed by atoms with Crippen molar-refractivity contribution in [1.82, 2.24) is 15.0 Å². The van der Waals surface area contributed by atoms with E-state index in [-0.39, 0.29) is 0 Å². The summed E-state index contributed by atoms with van der Waals surface area (Å²) < 4.78 is 5.19. The number of fused-ring (bicyclic) bond motifs is 7. The van der Waals surface area contributed by atoms with Crippen LogP contribution in [-0.4, -0.2) is 15.0 Å². The van der Waals surface area contributed by atoms with Crippen LogP contribution in [0.4, 0.5) is 0 Å². The Morgan fingerprint density at radius 1 is 0.300 bits per heavy atom. The van der Waals surface area contributed by atoms with Crippen LogP contribution >= 0.6 is 22.7 Å². The Hall–Kier alpha value is -7.31. The van der Waals surface area contributed by atoms with Gasteiger partial charge in [-0.2, -0.15) is 0 Å². The fraction of sp³-hybridized carbons (Fsp3) is 0. The van der Waals surface area contributed by atoms with Gasteiger partial charge in [-0.15, -0.1) is 22.7 Å². The maximum absolute atomic E-state index is 5.40. The van der Waals surface area contributed by atoms with Crippen LogP contribution in [0.1, 0.15) is 0 Å². The lowest BCUT2D eigenvalue weighted by atomic mass is 9.93. The molecule has 0 saturated carbocycles. The molecule has 280 valence electrons. The first-order chi connectivity index (χ1) is 29.7. The average molecular weight is 800 g/mol. The van der Waals surface area contributed by atoms with E-state index in [1.54, 1.807) is 0 Å². The van der Waals surface area contributed by atoms with E-state index < -0.39 is 0 Å². The molecule has 3 nitrogen and oxygen atoms in total. The van der Waals surface area contributed by atoms with Gasteiger partial charge in [-0.25, -0.2) is 9.97 Å². The van der Waals surface area contributed by atoms with Crippen LogP contribution in [-0.2, 0) is 0 Å². The maximum Gasteiger partial charge on any atom is 0.160 e. The zero-order valence-corrected chi connectivity index (χ0v) is 33.8. The van der Waals surface area contributed by atoms with E-state index in [0.717, 1.165) is 55.7 Å². The molecule has 4 aromatic heterocycles. The Bertz CT molecular complexity index is 3490. The number of benzene rings is 8. The molecule has 5 heteroatoms. The molecule has 12 rings (SSSR count). The Balaban J connectivity index is 1.09. The summed E-state index contributed by atoms with van der Waals surface area (Å²) in [5.74, 6) is 0.685. The van der Waals surface area contributed by atoms with E-state index in [4.69, 9.17) is 9.97 Å². The lowest BCUT2D eigenvalue weighted by molar-refractivity contribution is 1.18. The average Bonchev–Trinajstić information content (AvgIpc) is 3.89. The van der Waals surface area contributed by atoms with Crippen molar-refractivity contribution in [3.8, 4) is 67.3 Å². The van der Waals surface area contributed by atoms with Gasteiger partial charge in [0.2, 0.25) is 0 Å². The summed E-state index contributed by atoms with van der Waals surface area (Å²) in [5.41, 5.74) is 11.5. The van der Waals surface area contributed by atoms with E-state index >= 15 is 0 Å². The van der Waals surface area contributed by atoms with E-state index in [2.05, 4.69) is 187 Å². The fourth-order valence-corrected chi connectivity index (χ4v) is 10.7. The summed E-state index contributed by atoms with van der Waals surface area (Å²) in [4.78, 5) is 15.1. The van der Waals surface area contributed by atoms with Gasteiger partial charge in [0, 0.05) is 75.0 Å². The number of aromatic nitrogens is 3. The zero-order valence-electron chi connectivity index (χ0n) is 32.2. The second-order valence-electron chi connectivity index (χ2n) is 15.3. The molecule has 0 aliphatic rings. The molecule has 0 N–H and O–H groups in total. The summed E-state index contributed by atoms with van der Waals surface area (Å²) in [6.45, 7) is 0. The highest BCUT2D eigenvalue weighted by Crippen LogP contribution is 2.41. The maximum atomic E-state index is 5.40. The van der Waals surface area contributed by atoms with Crippen LogP contribution < -0.4 is 0 Å². The number of thiophene rings is 2. The number of hydrogen-bond donors (Lipinski definition) is 0. The van der Waals surface area contributed by atoms with Crippen molar-refractivity contribution in [2.45, 2.75) is 0 Å². The minimum atomic E-state index is 0.685. The first-order valence-electron chi connectivity index (χ1n) is 20.0. The van der Waals surface area contributed by atoms with Crippen LogP contribution in [0.5, 0.6) is 0 Å².